The van der Waals surface area contributed by atoms with E-state index in [4.69, 9.17) is 9.47 Å². The van der Waals surface area contributed by atoms with Crippen LogP contribution in [0.2, 0.25) is 0 Å². The van der Waals surface area contributed by atoms with Crippen LogP contribution >= 0.6 is 0 Å². The van der Waals surface area contributed by atoms with Gasteiger partial charge < -0.3 is 14.0 Å². The molecule has 2 heterocycles. The van der Waals surface area contributed by atoms with Crippen LogP contribution in [-0.4, -0.2) is 58.2 Å². The number of ether oxygens (including phenoxy) is 2. The van der Waals surface area contributed by atoms with E-state index in [1.54, 1.807) is 7.11 Å². The van der Waals surface area contributed by atoms with Crippen molar-refractivity contribution in [3.63, 3.8) is 0 Å². The van der Waals surface area contributed by atoms with Crippen molar-refractivity contribution in [2.45, 2.75) is 57.3 Å². The van der Waals surface area contributed by atoms with Crippen LogP contribution in [0.4, 0.5) is 0 Å². The van der Waals surface area contributed by atoms with Crippen molar-refractivity contribution in [1.29, 1.82) is 0 Å². The smallest absolute Gasteiger partial charge is 0.146 e. The lowest BCUT2D eigenvalue weighted by Gasteiger charge is -2.42. The molecule has 1 atom stereocenters. The van der Waals surface area contributed by atoms with Crippen molar-refractivity contribution >= 4 is 0 Å². The molecule has 0 amide bonds. The molecule has 124 valence electrons. The maximum absolute atomic E-state index is 6.07. The standard InChI is InChI=1S/C16H28N4O2/c1-16(2)11-20(8-13(22-16)10-21-4)9-14-17-18-15(19(14)3)12-6-5-7-12/h12-13H,5-11H2,1-4H3/t13-/m1/s1. The third kappa shape index (κ3) is 3.34. The zero-order valence-corrected chi connectivity index (χ0v) is 14.2. The number of rotatable bonds is 5. The van der Waals surface area contributed by atoms with E-state index >= 15 is 0 Å². The first-order valence-electron chi connectivity index (χ1n) is 8.26. The molecule has 0 unspecified atom stereocenters. The van der Waals surface area contributed by atoms with Gasteiger partial charge >= 0.3 is 0 Å². The second-order valence-corrected chi connectivity index (χ2v) is 7.29. The number of morpholine rings is 1. The molecule has 1 saturated carbocycles. The number of hydrogen-bond acceptors (Lipinski definition) is 5. The van der Waals surface area contributed by atoms with Gasteiger partial charge in [-0.1, -0.05) is 6.42 Å². The topological polar surface area (TPSA) is 52.4 Å². The minimum atomic E-state index is -0.156. The molecule has 1 saturated heterocycles. The van der Waals surface area contributed by atoms with Gasteiger partial charge in [-0.15, -0.1) is 10.2 Å². The minimum absolute atomic E-state index is 0.119. The van der Waals surface area contributed by atoms with Crippen LogP contribution in [0.3, 0.4) is 0 Å². The van der Waals surface area contributed by atoms with Crippen molar-refractivity contribution in [2.75, 3.05) is 26.8 Å². The fraction of sp³-hybridized carbons (Fsp3) is 0.875. The van der Waals surface area contributed by atoms with Gasteiger partial charge in [0.25, 0.3) is 0 Å². The van der Waals surface area contributed by atoms with E-state index in [9.17, 15) is 0 Å². The lowest BCUT2D eigenvalue weighted by atomic mass is 9.85. The highest BCUT2D eigenvalue weighted by atomic mass is 16.5. The normalized spacial score (nSPS) is 26.1. The van der Waals surface area contributed by atoms with Crippen LogP contribution in [0, 0.1) is 0 Å². The molecule has 2 aliphatic rings. The molecule has 1 aromatic heterocycles. The molecule has 0 bridgehead atoms. The van der Waals surface area contributed by atoms with E-state index < -0.39 is 0 Å². The summed E-state index contributed by atoms with van der Waals surface area (Å²) in [5.74, 6) is 2.83. The molecule has 1 aliphatic heterocycles. The van der Waals surface area contributed by atoms with Crippen molar-refractivity contribution in [3.8, 4) is 0 Å². The van der Waals surface area contributed by atoms with E-state index in [0.29, 0.717) is 12.5 Å². The lowest BCUT2D eigenvalue weighted by molar-refractivity contribution is -0.154. The summed E-state index contributed by atoms with van der Waals surface area (Å²) in [6.07, 6.45) is 3.95. The highest BCUT2D eigenvalue weighted by Gasteiger charge is 2.34. The molecule has 6 heteroatoms. The fourth-order valence-corrected chi connectivity index (χ4v) is 3.54. The van der Waals surface area contributed by atoms with Gasteiger partial charge in [0.2, 0.25) is 0 Å². The average Bonchev–Trinajstić information content (AvgIpc) is 2.68. The Balaban J connectivity index is 1.67. The molecule has 0 radical (unpaired) electrons. The molecule has 0 aromatic carbocycles. The van der Waals surface area contributed by atoms with E-state index in [0.717, 1.165) is 31.3 Å². The van der Waals surface area contributed by atoms with Crippen molar-refractivity contribution in [2.24, 2.45) is 7.05 Å². The Kier molecular flexibility index (Phi) is 4.52. The Morgan fingerprint density at radius 3 is 2.73 bits per heavy atom. The Morgan fingerprint density at radius 1 is 1.32 bits per heavy atom. The zero-order chi connectivity index (χ0) is 15.7. The van der Waals surface area contributed by atoms with E-state index in [2.05, 4.69) is 40.6 Å². The first-order valence-corrected chi connectivity index (χ1v) is 8.26. The van der Waals surface area contributed by atoms with Crippen LogP contribution in [0.25, 0.3) is 0 Å². The first-order chi connectivity index (χ1) is 10.5. The minimum Gasteiger partial charge on any atom is -0.382 e. The number of nitrogens with zero attached hydrogens (tertiary/aromatic N) is 4. The number of hydrogen-bond donors (Lipinski definition) is 0. The van der Waals surface area contributed by atoms with Gasteiger partial charge in [0.1, 0.15) is 11.6 Å². The van der Waals surface area contributed by atoms with Crippen molar-refractivity contribution in [3.05, 3.63) is 11.6 Å². The van der Waals surface area contributed by atoms with E-state index in [-0.39, 0.29) is 11.7 Å². The second kappa shape index (κ2) is 6.26. The maximum Gasteiger partial charge on any atom is 0.146 e. The number of methoxy groups -OCH3 is 1. The van der Waals surface area contributed by atoms with Crippen molar-refractivity contribution < 1.29 is 9.47 Å². The quantitative estimate of drug-likeness (QED) is 0.829. The molecule has 22 heavy (non-hydrogen) atoms. The molecule has 2 fully saturated rings. The molecular weight excluding hydrogens is 280 g/mol. The second-order valence-electron chi connectivity index (χ2n) is 7.29. The first kappa shape index (κ1) is 15.9. The van der Waals surface area contributed by atoms with Gasteiger partial charge in [-0.25, -0.2) is 0 Å². The van der Waals surface area contributed by atoms with Crippen LogP contribution < -0.4 is 0 Å². The predicted octanol–water partition coefficient (Wildman–Crippen LogP) is 1.71. The number of aromatic nitrogens is 3. The van der Waals surface area contributed by atoms with Gasteiger partial charge in [-0.05, 0) is 26.7 Å². The summed E-state index contributed by atoms with van der Waals surface area (Å²) in [5, 5.41) is 8.86. The highest BCUT2D eigenvalue weighted by Crippen LogP contribution is 2.35. The maximum atomic E-state index is 6.07. The van der Waals surface area contributed by atoms with Gasteiger partial charge in [0, 0.05) is 33.2 Å². The highest BCUT2D eigenvalue weighted by molar-refractivity contribution is 5.05. The SMILES string of the molecule is COC[C@H]1CN(Cc2nnc(C3CCC3)n2C)CC(C)(C)O1. The summed E-state index contributed by atoms with van der Waals surface area (Å²) in [7, 11) is 3.82. The summed E-state index contributed by atoms with van der Waals surface area (Å²) in [4.78, 5) is 2.40. The van der Waals surface area contributed by atoms with E-state index in [1.165, 1.54) is 19.3 Å². The summed E-state index contributed by atoms with van der Waals surface area (Å²) < 4.78 is 13.5. The Labute approximate surface area is 132 Å². The zero-order valence-electron chi connectivity index (χ0n) is 14.2. The molecule has 0 N–H and O–H groups in total. The summed E-state index contributed by atoms with van der Waals surface area (Å²) >= 11 is 0. The third-order valence-electron chi connectivity index (χ3n) is 4.74. The Hall–Kier alpha value is -0.980. The summed E-state index contributed by atoms with van der Waals surface area (Å²) in [5.41, 5.74) is -0.156. The molecular formula is C16H28N4O2. The lowest BCUT2D eigenvalue weighted by Crippen LogP contribution is -2.53. The molecule has 6 nitrogen and oxygen atoms in total. The summed E-state index contributed by atoms with van der Waals surface area (Å²) in [6.45, 7) is 7.51. The van der Waals surface area contributed by atoms with Crippen molar-refractivity contribution in [1.82, 2.24) is 19.7 Å². The van der Waals surface area contributed by atoms with E-state index in [1.807, 2.05) is 0 Å². The largest absolute Gasteiger partial charge is 0.382 e. The molecule has 1 aromatic rings. The van der Waals surface area contributed by atoms with Crippen LogP contribution in [-0.2, 0) is 23.1 Å². The van der Waals surface area contributed by atoms with Gasteiger partial charge in [-0.2, -0.15) is 0 Å². The van der Waals surface area contributed by atoms with Crippen LogP contribution in [0.15, 0.2) is 0 Å². The molecule has 3 rings (SSSR count). The van der Waals surface area contributed by atoms with Gasteiger partial charge in [0.05, 0.1) is 24.9 Å². The summed E-state index contributed by atoms with van der Waals surface area (Å²) in [6, 6.07) is 0. The third-order valence-corrected chi connectivity index (χ3v) is 4.74. The molecule has 1 aliphatic carbocycles. The Bertz CT molecular complexity index is 510. The molecule has 0 spiro atoms. The monoisotopic (exact) mass is 308 g/mol. The van der Waals surface area contributed by atoms with Crippen LogP contribution in [0.1, 0.15) is 50.7 Å². The predicted molar refractivity (Wildman–Crippen MR) is 83.7 cm³/mol. The Morgan fingerprint density at radius 2 is 2.09 bits per heavy atom. The average molecular weight is 308 g/mol. The van der Waals surface area contributed by atoms with Gasteiger partial charge in [0.15, 0.2) is 0 Å². The fourth-order valence-electron chi connectivity index (χ4n) is 3.54. The van der Waals surface area contributed by atoms with Crippen LogP contribution in [0.5, 0.6) is 0 Å². The van der Waals surface area contributed by atoms with Gasteiger partial charge in [-0.3, -0.25) is 4.90 Å².